The molecule has 0 saturated heterocycles. The maximum Gasteiger partial charge on any atom is 0.369 e. The van der Waals surface area contributed by atoms with Gasteiger partial charge in [-0.2, -0.15) is 5.10 Å². The molecule has 10 heteroatoms. The number of rotatable bonds is 10. The summed E-state index contributed by atoms with van der Waals surface area (Å²) in [5.41, 5.74) is 0.832. The molecular formula is C20H26ClN3O5S. The summed E-state index contributed by atoms with van der Waals surface area (Å²) in [5, 5.41) is 25.2. The zero-order valence-electron chi connectivity index (χ0n) is 17.1. The summed E-state index contributed by atoms with van der Waals surface area (Å²) < 4.78 is 7.03. The molecule has 2 aromatic rings. The van der Waals surface area contributed by atoms with Crippen molar-refractivity contribution in [3.05, 3.63) is 45.3 Å². The molecule has 1 aromatic carbocycles. The smallest absolute Gasteiger partial charge is 0.369 e. The minimum atomic E-state index is -0.971. The molecule has 164 valence electrons. The lowest BCUT2D eigenvalue weighted by Crippen LogP contribution is -2.29. The number of aromatic nitrogens is 2. The van der Waals surface area contributed by atoms with E-state index in [0.29, 0.717) is 16.3 Å². The van der Waals surface area contributed by atoms with E-state index in [-0.39, 0.29) is 24.2 Å². The van der Waals surface area contributed by atoms with Crippen molar-refractivity contribution in [1.82, 2.24) is 9.78 Å². The number of nitrogens with zero attached hydrogens (tertiary/aromatic N) is 2. The largest absolute Gasteiger partial charge is 0.491 e. The highest BCUT2D eigenvalue weighted by Gasteiger charge is 2.14. The molecule has 0 bridgehead atoms. The number of nitrogens with one attached hydrogen (secondary N) is 1. The van der Waals surface area contributed by atoms with Crippen molar-refractivity contribution in [3.63, 3.8) is 0 Å². The van der Waals surface area contributed by atoms with Crippen LogP contribution in [0.15, 0.2) is 34.1 Å². The first-order valence-electron chi connectivity index (χ1n) is 9.58. The van der Waals surface area contributed by atoms with Gasteiger partial charge in [-0.25, -0.2) is 9.48 Å². The van der Waals surface area contributed by atoms with Gasteiger partial charge < -0.3 is 20.3 Å². The van der Waals surface area contributed by atoms with E-state index < -0.39 is 17.0 Å². The van der Waals surface area contributed by atoms with Crippen molar-refractivity contribution in [1.29, 1.82) is 0 Å². The number of halogens is 1. The van der Waals surface area contributed by atoms with E-state index in [4.69, 9.17) is 21.4 Å². The molecule has 0 aliphatic heterocycles. The average molecular weight is 456 g/mol. The van der Waals surface area contributed by atoms with Gasteiger partial charge in [0, 0.05) is 11.4 Å². The first-order valence-corrected chi connectivity index (χ1v) is 10.8. The monoisotopic (exact) mass is 455 g/mol. The Bertz CT molecular complexity index is 935. The molecule has 0 fully saturated rings. The summed E-state index contributed by atoms with van der Waals surface area (Å²) in [6, 6.07) is 5.06. The second-order valence-corrected chi connectivity index (χ2v) is 8.35. The van der Waals surface area contributed by atoms with Gasteiger partial charge in [0.05, 0.1) is 17.9 Å². The molecule has 0 aliphatic rings. The van der Waals surface area contributed by atoms with Crippen LogP contribution in [0.1, 0.15) is 38.8 Å². The van der Waals surface area contributed by atoms with Crippen LogP contribution in [0, 0.1) is 0 Å². The number of aryl methyl sites for hydroxylation is 1. The van der Waals surface area contributed by atoms with Gasteiger partial charge >= 0.3 is 5.30 Å². The number of carbonyl (C=O) groups is 1. The van der Waals surface area contributed by atoms with Crippen molar-refractivity contribution in [2.24, 2.45) is 0 Å². The van der Waals surface area contributed by atoms with Gasteiger partial charge in [0.15, 0.2) is 0 Å². The van der Waals surface area contributed by atoms with Gasteiger partial charge in [0.25, 0.3) is 5.56 Å². The number of hydrogen-bond acceptors (Lipinski definition) is 7. The number of aliphatic hydroxyl groups excluding tert-OH is 1. The molecule has 0 radical (unpaired) electrons. The number of thioether (sulfide) groups is 1. The van der Waals surface area contributed by atoms with E-state index in [9.17, 15) is 14.7 Å². The third kappa shape index (κ3) is 6.65. The molecule has 0 spiro atoms. The fraction of sp³-hybridized carbons (Fsp3) is 0.450. The van der Waals surface area contributed by atoms with Crippen LogP contribution in [0.25, 0.3) is 0 Å². The zero-order chi connectivity index (χ0) is 22.3. The van der Waals surface area contributed by atoms with Crippen LogP contribution < -0.4 is 15.6 Å². The van der Waals surface area contributed by atoms with Crippen molar-refractivity contribution in [2.75, 3.05) is 18.5 Å². The third-order valence-corrected chi connectivity index (χ3v) is 5.18. The first kappa shape index (κ1) is 24.0. The molecule has 3 N–H and O–H groups in total. The Morgan fingerprint density at radius 2 is 2.13 bits per heavy atom. The quantitative estimate of drug-likeness (QED) is 0.460. The summed E-state index contributed by atoms with van der Waals surface area (Å²) in [6.07, 6.45) is 2.19. The van der Waals surface area contributed by atoms with E-state index in [1.807, 2.05) is 20.8 Å². The lowest BCUT2D eigenvalue weighted by atomic mass is 10.1. The highest BCUT2D eigenvalue weighted by Crippen LogP contribution is 2.28. The van der Waals surface area contributed by atoms with Crippen LogP contribution in [0.3, 0.4) is 0 Å². The fourth-order valence-corrected chi connectivity index (χ4v) is 3.48. The number of anilines is 1. The predicted molar refractivity (Wildman–Crippen MR) is 118 cm³/mol. The second kappa shape index (κ2) is 11.2. The van der Waals surface area contributed by atoms with E-state index >= 15 is 0 Å². The number of ether oxygens (including phenoxy) is 1. The molecule has 0 saturated carbocycles. The molecule has 30 heavy (non-hydrogen) atoms. The van der Waals surface area contributed by atoms with Crippen molar-refractivity contribution >= 4 is 34.4 Å². The van der Waals surface area contributed by atoms with Crippen molar-refractivity contribution < 1.29 is 19.7 Å². The second-order valence-electron chi connectivity index (χ2n) is 6.95. The maximum atomic E-state index is 12.2. The number of carboxylic acid groups (broad SMARTS) is 1. The van der Waals surface area contributed by atoms with E-state index in [1.54, 1.807) is 18.2 Å². The first-order chi connectivity index (χ1) is 14.2. The lowest BCUT2D eigenvalue weighted by Gasteiger charge is -2.17. The summed E-state index contributed by atoms with van der Waals surface area (Å²) in [5.74, 6) is 0.602. The van der Waals surface area contributed by atoms with Gasteiger partial charge in [0.2, 0.25) is 0 Å². The van der Waals surface area contributed by atoms with Crippen molar-refractivity contribution in [2.45, 2.75) is 50.7 Å². The molecule has 1 atom stereocenters. The number of benzene rings is 1. The maximum absolute atomic E-state index is 12.2. The normalized spacial score (nSPS) is 12.1. The highest BCUT2D eigenvalue weighted by atomic mass is 35.5. The van der Waals surface area contributed by atoms with Gasteiger partial charge in [-0.1, -0.05) is 24.9 Å². The Morgan fingerprint density at radius 1 is 1.40 bits per heavy atom. The number of hydrogen-bond donors (Lipinski definition) is 3. The van der Waals surface area contributed by atoms with Crippen LogP contribution in [0.2, 0.25) is 5.02 Å². The minimum absolute atomic E-state index is 0.0171. The molecular weight excluding hydrogens is 430 g/mol. The standard InChI is InChI=1S/C20H26ClN3O5S/c1-4-5-13-8-15(30-20(27)28)6-7-17(13)29-11-14(25)9-22-16-10-23-24(12(2)3)19(26)18(16)21/h6-8,10,12,14,22,25H,4-5,9,11H2,1-3H3,(H,27,28). The number of aliphatic hydroxyl groups is 1. The highest BCUT2D eigenvalue weighted by molar-refractivity contribution is 8.13. The van der Waals surface area contributed by atoms with Gasteiger partial charge in [0.1, 0.15) is 23.5 Å². The fourth-order valence-electron chi connectivity index (χ4n) is 2.73. The van der Waals surface area contributed by atoms with Crippen LogP contribution >= 0.6 is 23.4 Å². The van der Waals surface area contributed by atoms with E-state index in [2.05, 4.69) is 10.4 Å². The molecule has 1 unspecified atom stereocenters. The lowest BCUT2D eigenvalue weighted by molar-refractivity contribution is 0.117. The van der Waals surface area contributed by atoms with Crippen LogP contribution in [0.5, 0.6) is 5.75 Å². The van der Waals surface area contributed by atoms with Crippen molar-refractivity contribution in [3.8, 4) is 5.75 Å². The Kier molecular flexibility index (Phi) is 9.01. The molecule has 8 nitrogen and oxygen atoms in total. The van der Waals surface area contributed by atoms with Crippen LogP contribution in [-0.2, 0) is 6.42 Å². The Balaban J connectivity index is 1.98. The van der Waals surface area contributed by atoms with Gasteiger partial charge in [-0.3, -0.25) is 4.79 Å². The average Bonchev–Trinajstić information content (AvgIpc) is 2.68. The Labute approximate surface area is 184 Å². The van der Waals surface area contributed by atoms with Crippen LogP contribution in [-0.4, -0.2) is 44.6 Å². The Morgan fingerprint density at radius 3 is 2.77 bits per heavy atom. The van der Waals surface area contributed by atoms with E-state index in [1.165, 1.54) is 10.9 Å². The molecule has 2 rings (SSSR count). The van der Waals surface area contributed by atoms with Gasteiger partial charge in [-0.05, 0) is 55.8 Å². The molecule has 0 aliphatic carbocycles. The topological polar surface area (TPSA) is 114 Å². The van der Waals surface area contributed by atoms with Crippen LogP contribution in [0.4, 0.5) is 10.5 Å². The summed E-state index contributed by atoms with van der Waals surface area (Å²) in [4.78, 5) is 23.7. The van der Waals surface area contributed by atoms with Gasteiger partial charge in [-0.15, -0.1) is 0 Å². The summed E-state index contributed by atoms with van der Waals surface area (Å²) in [7, 11) is 0. The summed E-state index contributed by atoms with van der Waals surface area (Å²) in [6.45, 7) is 5.81. The molecule has 1 heterocycles. The molecule has 0 amide bonds. The summed E-state index contributed by atoms with van der Waals surface area (Å²) >= 11 is 6.85. The molecule has 1 aromatic heterocycles. The predicted octanol–water partition coefficient (Wildman–Crippen LogP) is 4.05. The third-order valence-electron chi connectivity index (χ3n) is 4.15. The SMILES string of the molecule is CCCc1cc(SC(=O)O)ccc1OCC(O)CNc1cnn(C(C)C)c(=O)c1Cl. The Hall–Kier alpha value is -2.23. The van der Waals surface area contributed by atoms with E-state index in [0.717, 1.165) is 30.2 Å². The zero-order valence-corrected chi connectivity index (χ0v) is 18.7. The minimum Gasteiger partial charge on any atom is -0.491 e.